The fourth-order valence-corrected chi connectivity index (χ4v) is 2.59. The van der Waals surface area contributed by atoms with Crippen LogP contribution in [0.25, 0.3) is 0 Å². The van der Waals surface area contributed by atoms with Crippen molar-refractivity contribution in [2.24, 2.45) is 0 Å². The summed E-state index contributed by atoms with van der Waals surface area (Å²) in [4.78, 5) is 0. The van der Waals surface area contributed by atoms with Crippen LogP contribution >= 0.6 is 11.6 Å². The number of rotatable bonds is 3. The molecule has 0 aromatic heterocycles. The first kappa shape index (κ1) is 16.5. The van der Waals surface area contributed by atoms with Gasteiger partial charge in [0.2, 0.25) is 5.06 Å². The third-order valence-corrected chi connectivity index (χ3v) is 4.05. The maximum absolute atomic E-state index is 14.6. The van der Waals surface area contributed by atoms with Gasteiger partial charge < -0.3 is 25.2 Å². The molecule has 1 aromatic rings. The third kappa shape index (κ3) is 2.54. The van der Waals surface area contributed by atoms with Crippen molar-refractivity contribution < 1.29 is 33.9 Å². The Hall–Kier alpha value is -0.830. The van der Waals surface area contributed by atoms with Gasteiger partial charge in [0, 0.05) is 5.56 Å². The third-order valence-electron chi connectivity index (χ3n) is 3.50. The van der Waals surface area contributed by atoms with Crippen LogP contribution in [0.2, 0.25) is 0 Å². The van der Waals surface area contributed by atoms with Crippen LogP contribution in [-0.4, -0.2) is 56.5 Å². The van der Waals surface area contributed by atoms with E-state index in [0.717, 1.165) is 12.1 Å². The van der Waals surface area contributed by atoms with Crippen molar-refractivity contribution in [1.29, 1.82) is 0 Å². The number of hydrogen-bond donors (Lipinski definition) is 4. The molecule has 2 rings (SSSR count). The molecule has 0 saturated carbocycles. The van der Waals surface area contributed by atoms with Crippen molar-refractivity contribution in [3.05, 3.63) is 35.9 Å². The van der Waals surface area contributed by atoms with Gasteiger partial charge >= 0.3 is 5.92 Å². The van der Waals surface area contributed by atoms with E-state index in [0.29, 0.717) is 0 Å². The Morgan fingerprint density at radius 2 is 1.71 bits per heavy atom. The molecular formula is C13H15ClF2O5. The summed E-state index contributed by atoms with van der Waals surface area (Å²) in [6.45, 7) is -0.843. The number of aliphatic hydroxyl groups is 4. The predicted octanol–water partition coefficient (Wildman–Crippen LogP) is 0.187. The minimum atomic E-state index is -3.87. The van der Waals surface area contributed by atoms with Crippen LogP contribution < -0.4 is 0 Å². The van der Waals surface area contributed by atoms with Gasteiger partial charge in [-0.05, 0) is 0 Å². The number of aliphatic hydroxyl groups excluding tert-OH is 4. The summed E-state index contributed by atoms with van der Waals surface area (Å²) in [5, 5.41) is 35.2. The fourth-order valence-electron chi connectivity index (χ4n) is 2.24. The average Bonchev–Trinajstić information content (AvgIpc) is 2.49. The fraction of sp³-hybridized carbons (Fsp3) is 0.538. The summed E-state index contributed by atoms with van der Waals surface area (Å²) < 4.78 is 34.0. The second-order valence-corrected chi connectivity index (χ2v) is 5.41. The quantitative estimate of drug-likeness (QED) is 0.596. The second-order valence-electron chi connectivity index (χ2n) is 4.85. The Labute approximate surface area is 124 Å². The van der Waals surface area contributed by atoms with Crippen LogP contribution in [0.15, 0.2) is 30.3 Å². The van der Waals surface area contributed by atoms with Crippen molar-refractivity contribution >= 4 is 11.6 Å². The Morgan fingerprint density at radius 1 is 1.14 bits per heavy atom. The van der Waals surface area contributed by atoms with Crippen LogP contribution in [0.3, 0.4) is 0 Å². The average molecular weight is 325 g/mol. The van der Waals surface area contributed by atoms with Crippen LogP contribution in [-0.2, 0) is 10.7 Å². The highest BCUT2D eigenvalue weighted by Crippen LogP contribution is 2.50. The minimum Gasteiger partial charge on any atom is -0.394 e. The van der Waals surface area contributed by atoms with E-state index < -0.39 is 47.6 Å². The van der Waals surface area contributed by atoms with Gasteiger partial charge in [0.15, 0.2) is 0 Å². The van der Waals surface area contributed by atoms with E-state index in [1.165, 1.54) is 18.2 Å². The molecule has 1 heterocycles. The second kappa shape index (κ2) is 5.75. The molecule has 1 saturated heterocycles. The van der Waals surface area contributed by atoms with Crippen molar-refractivity contribution in [2.75, 3.05) is 6.61 Å². The summed E-state index contributed by atoms with van der Waals surface area (Å²) in [6.07, 6.45) is -7.52. The molecule has 5 nitrogen and oxygen atoms in total. The zero-order chi connectivity index (χ0) is 15.8. The molecular weight excluding hydrogens is 310 g/mol. The summed E-state index contributed by atoms with van der Waals surface area (Å²) >= 11 is 5.78. The Morgan fingerprint density at radius 3 is 2.24 bits per heavy atom. The molecule has 5 atom stereocenters. The number of halogens is 3. The van der Waals surface area contributed by atoms with E-state index in [1.807, 2.05) is 0 Å². The summed E-state index contributed by atoms with van der Waals surface area (Å²) in [5.41, 5.74) is -0.528. The lowest BCUT2D eigenvalue weighted by Gasteiger charge is -2.48. The summed E-state index contributed by atoms with van der Waals surface area (Å²) in [7, 11) is 0. The molecule has 0 aliphatic carbocycles. The first-order chi connectivity index (χ1) is 9.75. The van der Waals surface area contributed by atoms with Gasteiger partial charge in [0.05, 0.1) is 6.61 Å². The largest absolute Gasteiger partial charge is 0.394 e. The normalized spacial score (nSPS) is 37.5. The first-order valence-corrected chi connectivity index (χ1v) is 6.58. The lowest BCUT2D eigenvalue weighted by molar-refractivity contribution is -0.304. The topological polar surface area (TPSA) is 90.2 Å². The highest BCUT2D eigenvalue weighted by atomic mass is 35.5. The molecule has 118 valence electrons. The van der Waals surface area contributed by atoms with Crippen LogP contribution in [0.5, 0.6) is 0 Å². The first-order valence-electron chi connectivity index (χ1n) is 6.21. The molecule has 1 fully saturated rings. The van der Waals surface area contributed by atoms with Crippen molar-refractivity contribution in [2.45, 2.75) is 35.4 Å². The number of alkyl halides is 3. The van der Waals surface area contributed by atoms with Crippen LogP contribution in [0.1, 0.15) is 5.56 Å². The number of ether oxygens (including phenoxy) is 1. The van der Waals surface area contributed by atoms with Gasteiger partial charge in [0.25, 0.3) is 0 Å². The molecule has 0 bridgehead atoms. The van der Waals surface area contributed by atoms with Crippen LogP contribution in [0.4, 0.5) is 8.78 Å². The van der Waals surface area contributed by atoms with E-state index in [9.17, 15) is 24.1 Å². The van der Waals surface area contributed by atoms with Crippen molar-refractivity contribution in [3.63, 3.8) is 0 Å². The maximum atomic E-state index is 14.6. The molecule has 1 unspecified atom stereocenters. The van der Waals surface area contributed by atoms with Crippen LogP contribution in [0, 0.1) is 0 Å². The molecule has 4 N–H and O–H groups in total. The van der Waals surface area contributed by atoms with Gasteiger partial charge in [-0.15, -0.1) is 0 Å². The highest BCUT2D eigenvalue weighted by molar-refractivity contribution is 6.24. The standard InChI is InChI=1S/C13H15ClF2O5/c14-12(13(15,16)7-4-2-1-3-5-7)11(20)10(19)9(18)8(6-17)21-12/h1-5,8-11,17-20H,6H2/t8-,9-,10+,11-,12?/m1/s1. The van der Waals surface area contributed by atoms with E-state index in [4.69, 9.17) is 21.4 Å². The van der Waals surface area contributed by atoms with E-state index in [1.54, 1.807) is 0 Å². The molecule has 0 spiro atoms. The van der Waals surface area contributed by atoms with E-state index in [-0.39, 0.29) is 0 Å². The van der Waals surface area contributed by atoms with Gasteiger partial charge in [0.1, 0.15) is 24.4 Å². The van der Waals surface area contributed by atoms with Gasteiger partial charge in [-0.25, -0.2) is 0 Å². The molecule has 21 heavy (non-hydrogen) atoms. The number of benzene rings is 1. The molecule has 0 radical (unpaired) electrons. The highest BCUT2D eigenvalue weighted by Gasteiger charge is 2.66. The van der Waals surface area contributed by atoms with Gasteiger partial charge in [-0.1, -0.05) is 41.9 Å². The molecule has 0 amide bonds. The SMILES string of the molecule is OC[C@H]1OC(Cl)(C(F)(F)c2ccccc2)[C@H](O)[C@@H](O)[C@@H]1O. The zero-order valence-electron chi connectivity index (χ0n) is 10.7. The molecule has 1 aliphatic heterocycles. The molecule has 1 aliphatic rings. The Bertz CT molecular complexity index is 487. The maximum Gasteiger partial charge on any atom is 0.318 e. The van der Waals surface area contributed by atoms with E-state index in [2.05, 4.69) is 0 Å². The molecule has 8 heteroatoms. The predicted molar refractivity (Wildman–Crippen MR) is 68.9 cm³/mol. The Balaban J connectivity index is 2.43. The van der Waals surface area contributed by atoms with Crippen molar-refractivity contribution in [3.8, 4) is 0 Å². The van der Waals surface area contributed by atoms with E-state index >= 15 is 0 Å². The summed E-state index contributed by atoms with van der Waals surface area (Å²) in [5.74, 6) is -3.87. The van der Waals surface area contributed by atoms with Crippen molar-refractivity contribution in [1.82, 2.24) is 0 Å². The van der Waals surface area contributed by atoms with Gasteiger partial charge in [-0.2, -0.15) is 8.78 Å². The monoisotopic (exact) mass is 324 g/mol. The Kier molecular flexibility index (Phi) is 4.53. The minimum absolute atomic E-state index is 0.528. The van der Waals surface area contributed by atoms with Gasteiger partial charge in [-0.3, -0.25) is 0 Å². The lowest BCUT2D eigenvalue weighted by atomic mass is 9.88. The lowest BCUT2D eigenvalue weighted by Crippen LogP contribution is -2.67. The number of hydrogen-bond acceptors (Lipinski definition) is 5. The zero-order valence-corrected chi connectivity index (χ0v) is 11.5. The molecule has 1 aromatic carbocycles. The smallest absolute Gasteiger partial charge is 0.318 e. The summed E-state index contributed by atoms with van der Waals surface area (Å²) in [6, 6.07) is 6.41.